The van der Waals surface area contributed by atoms with Gasteiger partial charge in [-0.15, -0.1) is 0 Å². The first-order chi connectivity index (χ1) is 9.08. The number of carbonyl (C=O) groups is 1. The lowest BCUT2D eigenvalue weighted by atomic mass is 10.0. The van der Waals surface area contributed by atoms with Crippen molar-refractivity contribution in [1.82, 2.24) is 4.98 Å². The van der Waals surface area contributed by atoms with Crippen LogP contribution in [0.15, 0.2) is 12.3 Å². The molecule has 0 amide bonds. The van der Waals surface area contributed by atoms with Crippen LogP contribution in [-0.4, -0.2) is 42.9 Å². The molecule has 1 aromatic heterocycles. The van der Waals surface area contributed by atoms with Gasteiger partial charge in [0.15, 0.2) is 0 Å². The van der Waals surface area contributed by atoms with Crippen LogP contribution < -0.4 is 4.90 Å². The van der Waals surface area contributed by atoms with Gasteiger partial charge in [0.05, 0.1) is 17.2 Å². The molecule has 0 saturated carbocycles. The van der Waals surface area contributed by atoms with Crippen LogP contribution in [0.2, 0.25) is 5.02 Å². The highest BCUT2D eigenvalue weighted by Gasteiger charge is 2.18. The zero-order valence-corrected chi connectivity index (χ0v) is 11.6. The van der Waals surface area contributed by atoms with Gasteiger partial charge in [0.25, 0.3) is 0 Å². The highest BCUT2D eigenvalue weighted by molar-refractivity contribution is 6.33. The van der Waals surface area contributed by atoms with E-state index in [0.29, 0.717) is 11.7 Å². The Kier molecular flexibility index (Phi) is 4.61. The molecule has 19 heavy (non-hydrogen) atoms. The maximum absolute atomic E-state index is 11.0. The lowest BCUT2D eigenvalue weighted by Gasteiger charge is -2.27. The molecule has 0 spiro atoms. The van der Waals surface area contributed by atoms with Gasteiger partial charge in [0.2, 0.25) is 0 Å². The highest BCUT2D eigenvalue weighted by atomic mass is 35.5. The molecule has 2 heterocycles. The summed E-state index contributed by atoms with van der Waals surface area (Å²) in [5, 5.41) is 9.20. The Morgan fingerprint density at radius 2 is 2.47 bits per heavy atom. The summed E-state index contributed by atoms with van der Waals surface area (Å²) in [5.41, 5.74) is 0.0819. The van der Waals surface area contributed by atoms with Gasteiger partial charge in [0.1, 0.15) is 5.82 Å². The minimum atomic E-state index is -1.04. The smallest absolute Gasteiger partial charge is 0.337 e. The molecule has 1 atom stereocenters. The van der Waals surface area contributed by atoms with Crippen molar-refractivity contribution in [3.05, 3.63) is 22.8 Å². The van der Waals surface area contributed by atoms with E-state index < -0.39 is 5.97 Å². The normalized spacial score (nSPS) is 19.2. The molecule has 104 valence electrons. The molecule has 0 bridgehead atoms. The second-order valence-corrected chi connectivity index (χ2v) is 5.20. The number of carboxylic acids is 1. The number of hydrogen-bond acceptors (Lipinski definition) is 4. The first-order valence-electron chi connectivity index (χ1n) is 6.25. The molecule has 1 fully saturated rings. The average Bonchev–Trinajstić information content (AvgIpc) is 2.40. The molecule has 1 aliphatic heterocycles. The quantitative estimate of drug-likeness (QED) is 0.919. The average molecular weight is 285 g/mol. The number of anilines is 1. The molecule has 0 aromatic carbocycles. The molecule has 0 aliphatic carbocycles. The number of pyridine rings is 1. The molecule has 5 nitrogen and oxygen atoms in total. The van der Waals surface area contributed by atoms with Crippen LogP contribution in [0, 0.1) is 5.92 Å². The van der Waals surface area contributed by atoms with Crippen molar-refractivity contribution >= 4 is 23.4 Å². The Morgan fingerprint density at radius 3 is 3.11 bits per heavy atom. The van der Waals surface area contributed by atoms with Crippen LogP contribution in [0.5, 0.6) is 0 Å². The van der Waals surface area contributed by atoms with Gasteiger partial charge in [-0.3, -0.25) is 0 Å². The van der Waals surface area contributed by atoms with Crippen molar-refractivity contribution in [2.45, 2.75) is 12.8 Å². The molecular weight excluding hydrogens is 268 g/mol. The van der Waals surface area contributed by atoms with E-state index in [0.717, 1.165) is 32.6 Å². The zero-order valence-electron chi connectivity index (χ0n) is 10.8. The van der Waals surface area contributed by atoms with Crippen LogP contribution in [0.1, 0.15) is 23.2 Å². The Hall–Kier alpha value is -1.33. The third-order valence-corrected chi connectivity index (χ3v) is 3.55. The van der Waals surface area contributed by atoms with Crippen LogP contribution in [0.25, 0.3) is 0 Å². The number of aromatic carboxylic acids is 1. The van der Waals surface area contributed by atoms with Gasteiger partial charge in [-0.25, -0.2) is 9.78 Å². The molecular formula is C13H17ClN2O3. The largest absolute Gasteiger partial charge is 0.478 e. The topological polar surface area (TPSA) is 62.7 Å². The molecule has 6 heteroatoms. The number of halogens is 1. The summed E-state index contributed by atoms with van der Waals surface area (Å²) in [5.74, 6) is 0.0416. The fourth-order valence-corrected chi connectivity index (χ4v) is 2.42. The number of ether oxygens (including phenoxy) is 1. The van der Waals surface area contributed by atoms with E-state index in [4.69, 9.17) is 21.4 Å². The second-order valence-electron chi connectivity index (χ2n) is 4.79. The summed E-state index contributed by atoms with van der Waals surface area (Å²) in [6.07, 6.45) is 3.59. The van der Waals surface area contributed by atoms with Crippen molar-refractivity contribution in [1.29, 1.82) is 0 Å². The third-order valence-electron chi connectivity index (χ3n) is 3.25. The summed E-state index contributed by atoms with van der Waals surface area (Å²) in [6, 6.07) is 1.51. The molecule has 1 aliphatic rings. The number of hydrogen-bond donors (Lipinski definition) is 1. The van der Waals surface area contributed by atoms with Gasteiger partial charge < -0.3 is 14.7 Å². The third kappa shape index (κ3) is 3.58. The molecule has 1 saturated heterocycles. The van der Waals surface area contributed by atoms with Crippen molar-refractivity contribution in [3.8, 4) is 0 Å². The summed E-state index contributed by atoms with van der Waals surface area (Å²) in [6.45, 7) is 2.39. The minimum Gasteiger partial charge on any atom is -0.478 e. The Balaban J connectivity index is 2.07. The van der Waals surface area contributed by atoms with Crippen molar-refractivity contribution in [2.75, 3.05) is 31.7 Å². The van der Waals surface area contributed by atoms with Crippen molar-refractivity contribution in [3.63, 3.8) is 0 Å². The fraction of sp³-hybridized carbons (Fsp3) is 0.538. The first-order valence-corrected chi connectivity index (χ1v) is 6.63. The van der Waals surface area contributed by atoms with Crippen LogP contribution in [-0.2, 0) is 4.74 Å². The van der Waals surface area contributed by atoms with E-state index in [9.17, 15) is 4.79 Å². The van der Waals surface area contributed by atoms with E-state index in [-0.39, 0.29) is 10.6 Å². The predicted molar refractivity (Wildman–Crippen MR) is 73.0 cm³/mol. The Labute approximate surface area is 117 Å². The Bertz CT molecular complexity index is 461. The lowest BCUT2D eigenvalue weighted by molar-refractivity contribution is 0.0576. The van der Waals surface area contributed by atoms with E-state index in [1.54, 1.807) is 0 Å². The highest BCUT2D eigenvalue weighted by Crippen LogP contribution is 2.22. The lowest BCUT2D eigenvalue weighted by Crippen LogP contribution is -2.31. The summed E-state index contributed by atoms with van der Waals surface area (Å²) < 4.78 is 5.44. The van der Waals surface area contributed by atoms with E-state index in [2.05, 4.69) is 4.98 Å². The van der Waals surface area contributed by atoms with Crippen molar-refractivity contribution in [2.24, 2.45) is 5.92 Å². The van der Waals surface area contributed by atoms with Gasteiger partial charge in [-0.2, -0.15) is 0 Å². The SMILES string of the molecule is CN(CC1CCCOC1)c1cc(C(=O)O)c(Cl)cn1. The fourth-order valence-electron chi connectivity index (χ4n) is 2.23. The maximum Gasteiger partial charge on any atom is 0.337 e. The van der Waals surface area contributed by atoms with Gasteiger partial charge in [-0.05, 0) is 24.8 Å². The van der Waals surface area contributed by atoms with E-state index in [1.807, 2.05) is 11.9 Å². The molecule has 2 rings (SSSR count). The molecule has 1 aromatic rings. The monoisotopic (exact) mass is 284 g/mol. The summed E-state index contributed by atoms with van der Waals surface area (Å²) in [7, 11) is 1.90. The summed E-state index contributed by atoms with van der Waals surface area (Å²) in [4.78, 5) is 17.2. The van der Waals surface area contributed by atoms with Crippen LogP contribution >= 0.6 is 11.6 Å². The van der Waals surface area contributed by atoms with E-state index >= 15 is 0 Å². The second kappa shape index (κ2) is 6.21. The summed E-state index contributed by atoms with van der Waals surface area (Å²) >= 11 is 5.81. The molecule has 1 unspecified atom stereocenters. The van der Waals surface area contributed by atoms with Crippen LogP contribution in [0.4, 0.5) is 5.82 Å². The first kappa shape index (κ1) is 14.1. The number of rotatable bonds is 4. The minimum absolute atomic E-state index is 0.0819. The number of nitrogens with zero attached hydrogens (tertiary/aromatic N) is 2. The molecule has 0 radical (unpaired) electrons. The van der Waals surface area contributed by atoms with Gasteiger partial charge in [-0.1, -0.05) is 11.6 Å². The number of carboxylic acid groups (broad SMARTS) is 1. The maximum atomic E-state index is 11.0. The van der Waals surface area contributed by atoms with Gasteiger partial charge in [0, 0.05) is 26.4 Å². The van der Waals surface area contributed by atoms with Crippen LogP contribution in [0.3, 0.4) is 0 Å². The molecule has 1 N–H and O–H groups in total. The van der Waals surface area contributed by atoms with E-state index in [1.165, 1.54) is 12.3 Å². The predicted octanol–water partition coefficient (Wildman–Crippen LogP) is 2.30. The Morgan fingerprint density at radius 1 is 1.68 bits per heavy atom. The van der Waals surface area contributed by atoms with Crippen molar-refractivity contribution < 1.29 is 14.6 Å². The number of aromatic nitrogens is 1. The standard InChI is InChI=1S/C13H17ClN2O3/c1-16(7-9-3-2-4-19-8-9)12-5-10(13(17)18)11(14)6-15-12/h5-6,9H,2-4,7-8H2,1H3,(H,17,18). The van der Waals surface area contributed by atoms with Gasteiger partial charge >= 0.3 is 5.97 Å². The zero-order chi connectivity index (χ0) is 13.8.